The lowest BCUT2D eigenvalue weighted by Crippen LogP contribution is -2.33. The number of nitrogens with zero attached hydrogens (tertiary/aromatic N) is 1. The van der Waals surface area contributed by atoms with Crippen molar-refractivity contribution in [1.82, 2.24) is 4.90 Å². The molecule has 1 aromatic carbocycles. The molecule has 1 heterocycles. The molecular formula is C14H20ClNO2. The highest BCUT2D eigenvalue weighted by atomic mass is 35.5. The predicted molar refractivity (Wildman–Crippen MR) is 74.9 cm³/mol. The van der Waals surface area contributed by atoms with Gasteiger partial charge in [-0.1, -0.05) is 18.6 Å². The summed E-state index contributed by atoms with van der Waals surface area (Å²) in [6, 6.07) is 7.30. The van der Waals surface area contributed by atoms with E-state index in [1.807, 2.05) is 12.1 Å². The van der Waals surface area contributed by atoms with E-state index in [0.29, 0.717) is 12.2 Å². The van der Waals surface area contributed by atoms with E-state index in [2.05, 4.69) is 4.90 Å². The fraction of sp³-hybridized carbons (Fsp3) is 0.500. The lowest BCUT2D eigenvalue weighted by molar-refractivity contribution is 0.112. The second-order valence-electron chi connectivity index (χ2n) is 4.44. The molecule has 0 aliphatic carbocycles. The first-order chi connectivity index (χ1) is 8.38. The zero-order chi connectivity index (χ0) is 11.9. The summed E-state index contributed by atoms with van der Waals surface area (Å²) in [5.41, 5.74) is 0.667. The van der Waals surface area contributed by atoms with Gasteiger partial charge in [-0.3, -0.25) is 9.69 Å². The number of benzene rings is 1. The summed E-state index contributed by atoms with van der Waals surface area (Å²) in [5.74, 6) is 0.784. The molecule has 1 fully saturated rings. The smallest absolute Gasteiger partial charge is 0.150 e. The van der Waals surface area contributed by atoms with Crippen molar-refractivity contribution >= 4 is 18.7 Å². The van der Waals surface area contributed by atoms with Crippen LogP contribution >= 0.6 is 12.4 Å². The van der Waals surface area contributed by atoms with Crippen molar-refractivity contribution in [2.24, 2.45) is 0 Å². The Bertz CT molecular complexity index is 365. The van der Waals surface area contributed by atoms with E-state index in [-0.39, 0.29) is 12.4 Å². The van der Waals surface area contributed by atoms with Gasteiger partial charge in [-0.15, -0.1) is 12.4 Å². The van der Waals surface area contributed by atoms with Crippen molar-refractivity contribution in [2.75, 3.05) is 26.2 Å². The van der Waals surface area contributed by atoms with Crippen molar-refractivity contribution in [3.05, 3.63) is 29.8 Å². The predicted octanol–water partition coefficient (Wildman–Crippen LogP) is 2.79. The maximum absolute atomic E-state index is 10.6. The monoisotopic (exact) mass is 269 g/mol. The van der Waals surface area contributed by atoms with Crippen LogP contribution in [0.25, 0.3) is 0 Å². The SMILES string of the molecule is Cl.O=Cc1cccc(OCCN2CCCCC2)c1. The molecule has 0 bridgehead atoms. The van der Waals surface area contributed by atoms with Gasteiger partial charge in [-0.25, -0.2) is 0 Å². The fourth-order valence-corrected chi connectivity index (χ4v) is 2.15. The molecular weight excluding hydrogens is 250 g/mol. The van der Waals surface area contributed by atoms with Gasteiger partial charge in [-0.05, 0) is 38.1 Å². The topological polar surface area (TPSA) is 29.5 Å². The minimum atomic E-state index is 0. The molecule has 0 atom stereocenters. The van der Waals surface area contributed by atoms with Crippen molar-refractivity contribution < 1.29 is 9.53 Å². The first-order valence-corrected chi connectivity index (χ1v) is 6.29. The Balaban J connectivity index is 0.00000162. The van der Waals surface area contributed by atoms with E-state index < -0.39 is 0 Å². The van der Waals surface area contributed by atoms with Crippen molar-refractivity contribution in [3.63, 3.8) is 0 Å². The zero-order valence-electron chi connectivity index (χ0n) is 10.5. The molecule has 1 aliphatic heterocycles. The maximum Gasteiger partial charge on any atom is 0.150 e. The van der Waals surface area contributed by atoms with Crippen molar-refractivity contribution in [1.29, 1.82) is 0 Å². The van der Waals surface area contributed by atoms with E-state index in [1.165, 1.54) is 32.4 Å². The molecule has 0 saturated carbocycles. The number of likely N-dealkylation sites (tertiary alicyclic amines) is 1. The van der Waals surface area contributed by atoms with Gasteiger partial charge in [0.2, 0.25) is 0 Å². The Morgan fingerprint density at radius 3 is 2.72 bits per heavy atom. The van der Waals surface area contributed by atoms with Gasteiger partial charge in [0.05, 0.1) is 0 Å². The molecule has 0 radical (unpaired) electrons. The third-order valence-electron chi connectivity index (χ3n) is 3.12. The van der Waals surface area contributed by atoms with Crippen LogP contribution in [0.3, 0.4) is 0 Å². The summed E-state index contributed by atoms with van der Waals surface area (Å²) in [5, 5.41) is 0. The number of hydrogen-bond donors (Lipinski definition) is 0. The molecule has 4 heteroatoms. The molecule has 0 spiro atoms. The zero-order valence-corrected chi connectivity index (χ0v) is 11.3. The molecule has 0 amide bonds. The highest BCUT2D eigenvalue weighted by Gasteiger charge is 2.09. The van der Waals surface area contributed by atoms with Crippen molar-refractivity contribution in [2.45, 2.75) is 19.3 Å². The third kappa shape index (κ3) is 4.67. The van der Waals surface area contributed by atoms with Crippen LogP contribution in [0.5, 0.6) is 5.75 Å². The van der Waals surface area contributed by atoms with Gasteiger partial charge in [0.1, 0.15) is 18.6 Å². The van der Waals surface area contributed by atoms with E-state index in [4.69, 9.17) is 4.74 Å². The minimum Gasteiger partial charge on any atom is -0.492 e. The average molecular weight is 270 g/mol. The first-order valence-electron chi connectivity index (χ1n) is 6.29. The number of halogens is 1. The number of hydrogen-bond acceptors (Lipinski definition) is 3. The van der Waals surface area contributed by atoms with Crippen LogP contribution in [-0.4, -0.2) is 37.4 Å². The summed E-state index contributed by atoms with van der Waals surface area (Å²) in [6.45, 7) is 4.06. The third-order valence-corrected chi connectivity index (χ3v) is 3.12. The number of aldehydes is 1. The molecule has 3 nitrogen and oxygen atoms in total. The van der Waals surface area contributed by atoms with Crippen LogP contribution < -0.4 is 4.74 Å². The Labute approximate surface area is 115 Å². The normalized spacial score (nSPS) is 15.8. The fourth-order valence-electron chi connectivity index (χ4n) is 2.15. The maximum atomic E-state index is 10.6. The molecule has 0 unspecified atom stereocenters. The number of rotatable bonds is 5. The molecule has 1 aliphatic rings. The molecule has 1 aromatic rings. The second-order valence-corrected chi connectivity index (χ2v) is 4.44. The number of piperidine rings is 1. The van der Waals surface area contributed by atoms with Gasteiger partial charge in [0.25, 0.3) is 0 Å². The summed E-state index contributed by atoms with van der Waals surface area (Å²) < 4.78 is 5.65. The highest BCUT2D eigenvalue weighted by Crippen LogP contribution is 2.12. The Hall–Kier alpha value is -1.06. The number of ether oxygens (including phenoxy) is 1. The molecule has 100 valence electrons. The molecule has 0 aromatic heterocycles. The van der Waals surface area contributed by atoms with Crippen LogP contribution in [0.15, 0.2) is 24.3 Å². The summed E-state index contributed by atoms with van der Waals surface area (Å²) >= 11 is 0. The molecule has 18 heavy (non-hydrogen) atoms. The van der Waals surface area contributed by atoms with Gasteiger partial charge in [0, 0.05) is 12.1 Å². The van der Waals surface area contributed by atoms with Crippen LogP contribution in [0, 0.1) is 0 Å². The minimum absolute atomic E-state index is 0. The highest BCUT2D eigenvalue weighted by molar-refractivity contribution is 5.85. The summed E-state index contributed by atoms with van der Waals surface area (Å²) in [7, 11) is 0. The van der Waals surface area contributed by atoms with Gasteiger partial charge < -0.3 is 4.74 Å². The summed E-state index contributed by atoms with van der Waals surface area (Å²) in [6.07, 6.45) is 4.82. The van der Waals surface area contributed by atoms with Crippen LogP contribution in [0.4, 0.5) is 0 Å². The Morgan fingerprint density at radius 2 is 2.00 bits per heavy atom. The van der Waals surface area contributed by atoms with E-state index in [1.54, 1.807) is 12.1 Å². The first kappa shape index (κ1) is 15.0. The molecule has 1 saturated heterocycles. The molecule has 0 N–H and O–H groups in total. The van der Waals surface area contributed by atoms with Crippen molar-refractivity contribution in [3.8, 4) is 5.75 Å². The summed E-state index contributed by atoms with van der Waals surface area (Å²) in [4.78, 5) is 13.1. The average Bonchev–Trinajstić information content (AvgIpc) is 2.40. The number of carbonyl (C=O) groups excluding carboxylic acids is 1. The lowest BCUT2D eigenvalue weighted by Gasteiger charge is -2.26. The Morgan fingerprint density at radius 1 is 1.22 bits per heavy atom. The van der Waals surface area contributed by atoms with Crippen LogP contribution in [0.1, 0.15) is 29.6 Å². The van der Waals surface area contributed by atoms with E-state index in [0.717, 1.165) is 18.6 Å². The lowest BCUT2D eigenvalue weighted by atomic mass is 10.1. The van der Waals surface area contributed by atoms with Gasteiger partial charge >= 0.3 is 0 Å². The van der Waals surface area contributed by atoms with E-state index >= 15 is 0 Å². The molecule has 2 rings (SSSR count). The Kier molecular flexibility index (Phi) is 6.76. The number of carbonyl (C=O) groups is 1. The van der Waals surface area contributed by atoms with E-state index in [9.17, 15) is 4.79 Å². The largest absolute Gasteiger partial charge is 0.492 e. The van der Waals surface area contributed by atoms with Gasteiger partial charge in [0.15, 0.2) is 0 Å². The van der Waals surface area contributed by atoms with Crippen LogP contribution in [0.2, 0.25) is 0 Å². The standard InChI is InChI=1S/C14H19NO2.ClH/c16-12-13-5-4-6-14(11-13)17-10-9-15-7-2-1-3-8-15;/h4-6,11-12H,1-3,7-10H2;1H. The van der Waals surface area contributed by atoms with Crippen LogP contribution in [-0.2, 0) is 0 Å². The quantitative estimate of drug-likeness (QED) is 0.770. The second kappa shape index (κ2) is 8.11. The van der Waals surface area contributed by atoms with Gasteiger partial charge in [-0.2, -0.15) is 0 Å².